The second kappa shape index (κ2) is 8.86. The van der Waals surface area contributed by atoms with Gasteiger partial charge in [0.15, 0.2) is 23.3 Å². The molecule has 0 nitrogen and oxygen atoms in total. The third-order valence-electron chi connectivity index (χ3n) is 6.61. The van der Waals surface area contributed by atoms with Crippen molar-refractivity contribution in [2.75, 3.05) is 0 Å². The van der Waals surface area contributed by atoms with Crippen LogP contribution in [0.4, 0.5) is 22.0 Å². The molecule has 0 spiro atoms. The highest BCUT2D eigenvalue weighted by atomic mass is 19.2. The Morgan fingerprint density at radius 1 is 0.351 bits per heavy atom. The van der Waals surface area contributed by atoms with Crippen molar-refractivity contribution in [2.24, 2.45) is 0 Å². The van der Waals surface area contributed by atoms with E-state index in [0.717, 1.165) is 16.3 Å². The van der Waals surface area contributed by atoms with Crippen LogP contribution in [-0.4, -0.2) is 0 Å². The van der Waals surface area contributed by atoms with Crippen molar-refractivity contribution in [3.05, 3.63) is 132 Å². The second-order valence-electron chi connectivity index (χ2n) is 8.77. The molecule has 6 rings (SSSR count). The summed E-state index contributed by atoms with van der Waals surface area (Å²) in [6.07, 6.45) is 0. The highest BCUT2D eigenvalue weighted by molar-refractivity contribution is 6.13. The fourth-order valence-electron chi connectivity index (χ4n) is 4.92. The van der Waals surface area contributed by atoms with Gasteiger partial charge < -0.3 is 0 Å². The van der Waals surface area contributed by atoms with Gasteiger partial charge in [0.05, 0.1) is 5.56 Å². The van der Waals surface area contributed by atoms with Gasteiger partial charge in [-0.05, 0) is 62.0 Å². The highest BCUT2D eigenvalue weighted by Gasteiger charge is 2.30. The van der Waals surface area contributed by atoms with Crippen LogP contribution >= 0.6 is 0 Å². The van der Waals surface area contributed by atoms with Crippen LogP contribution in [0.1, 0.15) is 0 Å². The van der Waals surface area contributed by atoms with Gasteiger partial charge in [0.1, 0.15) is 0 Å². The van der Waals surface area contributed by atoms with Crippen molar-refractivity contribution in [3.63, 3.8) is 0 Å². The molecule has 0 aliphatic carbocycles. The first-order valence-electron chi connectivity index (χ1n) is 11.6. The molecular formula is C32H17F5. The molecule has 0 heterocycles. The van der Waals surface area contributed by atoms with Crippen LogP contribution in [0.25, 0.3) is 54.9 Å². The Kier molecular flexibility index (Phi) is 5.49. The van der Waals surface area contributed by atoms with Gasteiger partial charge in [-0.3, -0.25) is 0 Å². The van der Waals surface area contributed by atoms with Crippen molar-refractivity contribution in [1.29, 1.82) is 0 Å². The maximum atomic E-state index is 15.4. The van der Waals surface area contributed by atoms with Crippen LogP contribution in [0.2, 0.25) is 0 Å². The van der Waals surface area contributed by atoms with Crippen molar-refractivity contribution >= 4 is 21.5 Å². The Hall–Kier alpha value is -4.51. The molecule has 0 saturated heterocycles. The van der Waals surface area contributed by atoms with E-state index in [4.69, 9.17) is 0 Å². The second-order valence-corrected chi connectivity index (χ2v) is 8.77. The molecule has 5 heteroatoms. The molecule has 0 aromatic heterocycles. The zero-order chi connectivity index (χ0) is 25.7. The molecule has 6 aromatic rings. The van der Waals surface area contributed by atoms with E-state index >= 15 is 8.78 Å². The van der Waals surface area contributed by atoms with E-state index in [9.17, 15) is 13.2 Å². The maximum Gasteiger partial charge on any atom is 0.200 e. The summed E-state index contributed by atoms with van der Waals surface area (Å²) in [7, 11) is 0. The summed E-state index contributed by atoms with van der Waals surface area (Å²) >= 11 is 0. The number of halogens is 5. The third-order valence-corrected chi connectivity index (χ3v) is 6.61. The molecule has 180 valence electrons. The van der Waals surface area contributed by atoms with E-state index in [0.29, 0.717) is 27.5 Å². The van der Waals surface area contributed by atoms with Crippen LogP contribution in [-0.2, 0) is 0 Å². The quantitative estimate of drug-likeness (QED) is 0.0990. The molecule has 0 aliphatic heterocycles. The predicted molar refractivity (Wildman–Crippen MR) is 138 cm³/mol. The number of fused-ring (bicyclic) bond motifs is 2. The molecule has 0 bridgehead atoms. The van der Waals surface area contributed by atoms with Gasteiger partial charge in [0, 0.05) is 5.56 Å². The summed E-state index contributed by atoms with van der Waals surface area (Å²) in [5, 5.41) is 2.63. The van der Waals surface area contributed by atoms with Gasteiger partial charge in [0.2, 0.25) is 5.82 Å². The molecule has 0 amide bonds. The summed E-state index contributed by atoms with van der Waals surface area (Å²) in [6, 6.07) is 30.9. The number of hydrogen-bond donors (Lipinski definition) is 0. The largest absolute Gasteiger partial charge is 0.203 e. The van der Waals surface area contributed by atoms with Crippen molar-refractivity contribution in [3.8, 4) is 33.4 Å². The Bertz CT molecular complexity index is 1780. The lowest BCUT2D eigenvalue weighted by Crippen LogP contribution is -2.06. The van der Waals surface area contributed by atoms with Crippen molar-refractivity contribution < 1.29 is 22.0 Å². The Balaban J connectivity index is 1.90. The molecule has 0 aliphatic rings. The topological polar surface area (TPSA) is 0 Å². The van der Waals surface area contributed by atoms with E-state index in [1.807, 2.05) is 66.7 Å². The van der Waals surface area contributed by atoms with Crippen molar-refractivity contribution in [1.82, 2.24) is 0 Å². The van der Waals surface area contributed by atoms with E-state index < -0.39 is 34.6 Å². The van der Waals surface area contributed by atoms with Crippen LogP contribution in [0.5, 0.6) is 0 Å². The average molecular weight is 496 g/mol. The Morgan fingerprint density at radius 3 is 1.43 bits per heavy atom. The molecule has 0 radical (unpaired) electrons. The smallest absolute Gasteiger partial charge is 0.200 e. The van der Waals surface area contributed by atoms with Crippen molar-refractivity contribution in [2.45, 2.75) is 0 Å². The summed E-state index contributed by atoms with van der Waals surface area (Å²) < 4.78 is 74.0. The van der Waals surface area contributed by atoms with E-state index in [-0.39, 0.29) is 5.56 Å². The van der Waals surface area contributed by atoms with Crippen LogP contribution in [0.15, 0.2) is 103 Å². The normalized spacial score (nSPS) is 11.4. The number of hydrogen-bond acceptors (Lipinski definition) is 0. The van der Waals surface area contributed by atoms with Gasteiger partial charge in [-0.15, -0.1) is 0 Å². The summed E-state index contributed by atoms with van der Waals surface area (Å²) in [5.74, 6) is -9.88. The molecule has 0 fully saturated rings. The Labute approximate surface area is 209 Å². The van der Waals surface area contributed by atoms with E-state index in [1.165, 1.54) is 0 Å². The number of rotatable bonds is 3. The standard InChI is InChI=1S/C32H17F5/c33-28-27(29(34)31(36)32(37)30(28)35)26-24-16-21-14-8-7-13-20(21)15-22(24)17-23(18-9-3-1-4-10-18)25(26)19-11-5-2-6-12-19/h1-17H. The summed E-state index contributed by atoms with van der Waals surface area (Å²) in [5.41, 5.74) is 1.29. The lowest BCUT2D eigenvalue weighted by Gasteiger charge is -2.21. The fourth-order valence-corrected chi connectivity index (χ4v) is 4.92. The molecule has 0 N–H and O–H groups in total. The fraction of sp³-hybridized carbons (Fsp3) is 0. The van der Waals surface area contributed by atoms with Gasteiger partial charge >= 0.3 is 0 Å². The lowest BCUT2D eigenvalue weighted by atomic mass is 9.83. The SMILES string of the molecule is Fc1c(F)c(F)c(-c2c(-c3ccccc3)c(-c3ccccc3)cc3cc4ccccc4cc23)c(F)c1F. The zero-order valence-electron chi connectivity index (χ0n) is 19.2. The molecule has 6 aromatic carbocycles. The Morgan fingerprint density at radius 2 is 0.838 bits per heavy atom. The first-order chi connectivity index (χ1) is 18.0. The van der Waals surface area contributed by atoms with Crippen LogP contribution < -0.4 is 0 Å². The minimum absolute atomic E-state index is 0.0545. The van der Waals surface area contributed by atoms with E-state index in [1.54, 1.807) is 36.4 Å². The van der Waals surface area contributed by atoms with Gasteiger partial charge in [-0.2, -0.15) is 0 Å². The molecule has 0 atom stereocenters. The first-order valence-corrected chi connectivity index (χ1v) is 11.6. The minimum Gasteiger partial charge on any atom is -0.203 e. The summed E-state index contributed by atoms with van der Waals surface area (Å²) in [6.45, 7) is 0. The molecule has 37 heavy (non-hydrogen) atoms. The lowest BCUT2D eigenvalue weighted by molar-refractivity contribution is 0.381. The third kappa shape index (κ3) is 3.66. The van der Waals surface area contributed by atoms with Gasteiger partial charge in [-0.1, -0.05) is 84.9 Å². The van der Waals surface area contributed by atoms with Crippen LogP contribution in [0.3, 0.4) is 0 Å². The number of benzene rings is 6. The van der Waals surface area contributed by atoms with Gasteiger partial charge in [-0.25, -0.2) is 22.0 Å². The minimum atomic E-state index is -2.19. The monoisotopic (exact) mass is 496 g/mol. The zero-order valence-corrected chi connectivity index (χ0v) is 19.2. The highest BCUT2D eigenvalue weighted by Crippen LogP contribution is 2.47. The molecule has 0 saturated carbocycles. The summed E-state index contributed by atoms with van der Waals surface area (Å²) in [4.78, 5) is 0. The molecular weight excluding hydrogens is 479 g/mol. The van der Waals surface area contributed by atoms with Crippen LogP contribution in [0, 0.1) is 29.1 Å². The maximum absolute atomic E-state index is 15.4. The first kappa shape index (κ1) is 22.9. The van der Waals surface area contributed by atoms with Gasteiger partial charge in [0.25, 0.3) is 0 Å². The van der Waals surface area contributed by atoms with E-state index in [2.05, 4.69) is 0 Å². The average Bonchev–Trinajstić information content (AvgIpc) is 2.94. The predicted octanol–water partition coefficient (Wildman–Crippen LogP) is 9.69. The molecule has 0 unspecified atom stereocenters.